The van der Waals surface area contributed by atoms with E-state index in [2.05, 4.69) is 16.0 Å². The second kappa shape index (κ2) is 5.50. The van der Waals surface area contributed by atoms with Crippen LogP contribution in [0.15, 0.2) is 40.2 Å². The summed E-state index contributed by atoms with van der Waals surface area (Å²) >= 11 is 0. The molecule has 3 heterocycles. The van der Waals surface area contributed by atoms with Gasteiger partial charge in [-0.15, -0.1) is 0 Å². The van der Waals surface area contributed by atoms with Gasteiger partial charge in [0.2, 0.25) is 0 Å². The summed E-state index contributed by atoms with van der Waals surface area (Å²) in [5.74, 6) is 0. The zero-order valence-electron chi connectivity index (χ0n) is 12.6. The molecule has 0 aromatic carbocycles. The Kier molecular flexibility index (Phi) is 3.50. The molecule has 7 nitrogen and oxygen atoms in total. The number of rotatable bonds is 2. The fraction of sp³-hybridized carbons (Fsp3) is 0.188. The molecule has 3 rings (SSSR count). The number of fused-ring (bicyclic) bond motifs is 1. The molecule has 0 saturated heterocycles. The molecule has 0 bridgehead atoms. The van der Waals surface area contributed by atoms with E-state index in [4.69, 9.17) is 5.26 Å². The zero-order valence-corrected chi connectivity index (χ0v) is 12.6. The van der Waals surface area contributed by atoms with Gasteiger partial charge in [-0.2, -0.15) is 5.26 Å². The number of pyridine rings is 2. The Balaban J connectivity index is 2.48. The average Bonchev–Trinajstić information content (AvgIpc) is 2.58. The minimum Gasteiger partial charge on any atom is -0.280 e. The van der Waals surface area contributed by atoms with Gasteiger partial charge in [0.15, 0.2) is 0 Å². The van der Waals surface area contributed by atoms with Crippen molar-refractivity contribution in [2.24, 2.45) is 14.1 Å². The van der Waals surface area contributed by atoms with Crippen molar-refractivity contribution < 1.29 is 0 Å². The summed E-state index contributed by atoms with van der Waals surface area (Å²) in [5, 5.41) is 9.36. The quantitative estimate of drug-likeness (QED) is 0.696. The van der Waals surface area contributed by atoms with Gasteiger partial charge in [0.25, 0.3) is 5.56 Å². The molecule has 3 aromatic heterocycles. The molecule has 23 heavy (non-hydrogen) atoms. The van der Waals surface area contributed by atoms with Crippen molar-refractivity contribution in [2.75, 3.05) is 0 Å². The molecule has 0 spiro atoms. The van der Waals surface area contributed by atoms with Crippen molar-refractivity contribution in [3.05, 3.63) is 57.0 Å². The van der Waals surface area contributed by atoms with Gasteiger partial charge in [-0.3, -0.25) is 18.9 Å². The van der Waals surface area contributed by atoms with Crippen molar-refractivity contribution in [1.29, 1.82) is 5.26 Å². The van der Waals surface area contributed by atoms with Crippen molar-refractivity contribution in [3.8, 4) is 17.3 Å². The predicted molar refractivity (Wildman–Crippen MR) is 84.8 cm³/mol. The molecule has 0 aliphatic carbocycles. The van der Waals surface area contributed by atoms with Crippen LogP contribution in [0.5, 0.6) is 0 Å². The molecule has 0 aliphatic rings. The first kappa shape index (κ1) is 14.7. The standard InChI is InChI=1S/C16H13N5O2/c1-20-14-13(15(22)21(2)16(20)23)10(5-6-17)8-12(19-14)11-4-3-7-18-9-11/h3-4,7-9H,5H2,1-2H3. The maximum absolute atomic E-state index is 12.4. The van der Waals surface area contributed by atoms with Crippen molar-refractivity contribution in [2.45, 2.75) is 6.42 Å². The molecule has 3 aromatic rings. The zero-order chi connectivity index (χ0) is 16.6. The topological polar surface area (TPSA) is 93.6 Å². The summed E-state index contributed by atoms with van der Waals surface area (Å²) < 4.78 is 2.34. The Morgan fingerprint density at radius 1 is 1.26 bits per heavy atom. The first-order chi connectivity index (χ1) is 11.0. The predicted octanol–water partition coefficient (Wildman–Crippen LogP) is 0.760. The van der Waals surface area contributed by atoms with E-state index in [-0.39, 0.29) is 12.1 Å². The summed E-state index contributed by atoms with van der Waals surface area (Å²) in [4.78, 5) is 33.1. The Labute approximate surface area is 131 Å². The normalized spacial score (nSPS) is 10.7. The number of nitrogens with zero attached hydrogens (tertiary/aromatic N) is 5. The fourth-order valence-corrected chi connectivity index (χ4v) is 2.52. The minimum atomic E-state index is -0.457. The lowest BCUT2D eigenvalue weighted by Crippen LogP contribution is -2.37. The molecular formula is C16H13N5O2. The van der Waals surface area contributed by atoms with E-state index in [0.29, 0.717) is 16.6 Å². The summed E-state index contributed by atoms with van der Waals surface area (Å²) in [6.07, 6.45) is 3.34. The smallest absolute Gasteiger partial charge is 0.280 e. The van der Waals surface area contributed by atoms with E-state index in [1.807, 2.05) is 6.07 Å². The van der Waals surface area contributed by atoms with E-state index in [1.165, 1.54) is 11.6 Å². The highest BCUT2D eigenvalue weighted by Gasteiger charge is 2.16. The first-order valence-electron chi connectivity index (χ1n) is 6.91. The van der Waals surface area contributed by atoms with Crippen molar-refractivity contribution in [1.82, 2.24) is 19.1 Å². The molecule has 0 unspecified atom stereocenters. The van der Waals surface area contributed by atoms with Crippen LogP contribution < -0.4 is 11.2 Å². The molecule has 0 fully saturated rings. The summed E-state index contributed by atoms with van der Waals surface area (Å²) in [6, 6.07) is 7.36. The van der Waals surface area contributed by atoms with Gasteiger partial charge in [0.05, 0.1) is 23.6 Å². The van der Waals surface area contributed by atoms with E-state index < -0.39 is 11.2 Å². The Morgan fingerprint density at radius 3 is 2.70 bits per heavy atom. The van der Waals surface area contributed by atoms with Crippen LogP contribution in [0, 0.1) is 11.3 Å². The molecule has 114 valence electrons. The van der Waals surface area contributed by atoms with Crippen LogP contribution in [0.25, 0.3) is 22.3 Å². The van der Waals surface area contributed by atoms with E-state index in [0.717, 1.165) is 10.1 Å². The van der Waals surface area contributed by atoms with Crippen LogP contribution in [-0.4, -0.2) is 19.1 Å². The average molecular weight is 307 g/mol. The summed E-state index contributed by atoms with van der Waals surface area (Å²) in [5.41, 5.74) is 1.23. The van der Waals surface area contributed by atoms with Crippen LogP contribution in [0.3, 0.4) is 0 Å². The number of aryl methyl sites for hydroxylation is 1. The number of hydrogen-bond donors (Lipinski definition) is 0. The van der Waals surface area contributed by atoms with Crippen LogP contribution in [0.2, 0.25) is 0 Å². The first-order valence-corrected chi connectivity index (χ1v) is 6.91. The molecule has 0 saturated carbocycles. The third-order valence-corrected chi connectivity index (χ3v) is 3.72. The fourth-order valence-electron chi connectivity index (χ4n) is 2.52. The third kappa shape index (κ3) is 2.30. The molecular weight excluding hydrogens is 294 g/mol. The molecule has 0 radical (unpaired) electrons. The molecule has 0 amide bonds. The van der Waals surface area contributed by atoms with Gasteiger partial charge >= 0.3 is 5.69 Å². The van der Waals surface area contributed by atoms with E-state index >= 15 is 0 Å². The minimum absolute atomic E-state index is 0.0553. The lowest BCUT2D eigenvalue weighted by molar-refractivity contribution is 0.707. The van der Waals surface area contributed by atoms with Crippen molar-refractivity contribution >= 4 is 11.0 Å². The second-order valence-corrected chi connectivity index (χ2v) is 5.15. The largest absolute Gasteiger partial charge is 0.332 e. The van der Waals surface area contributed by atoms with Crippen LogP contribution in [0.1, 0.15) is 5.56 Å². The highest BCUT2D eigenvalue weighted by molar-refractivity contribution is 5.82. The molecule has 7 heteroatoms. The van der Waals surface area contributed by atoms with Crippen molar-refractivity contribution in [3.63, 3.8) is 0 Å². The Morgan fingerprint density at radius 2 is 2.04 bits per heavy atom. The summed E-state index contributed by atoms with van der Waals surface area (Å²) in [7, 11) is 2.97. The Hall–Kier alpha value is -3.27. The third-order valence-electron chi connectivity index (χ3n) is 3.72. The maximum atomic E-state index is 12.4. The van der Waals surface area contributed by atoms with Gasteiger partial charge in [0.1, 0.15) is 5.65 Å². The second-order valence-electron chi connectivity index (χ2n) is 5.15. The summed E-state index contributed by atoms with van der Waals surface area (Å²) in [6.45, 7) is 0. The highest BCUT2D eigenvalue weighted by atomic mass is 16.2. The van der Waals surface area contributed by atoms with E-state index in [9.17, 15) is 9.59 Å². The lowest BCUT2D eigenvalue weighted by atomic mass is 10.1. The molecule has 0 atom stereocenters. The van der Waals surface area contributed by atoms with E-state index in [1.54, 1.807) is 31.6 Å². The van der Waals surface area contributed by atoms with Gasteiger partial charge in [-0.1, -0.05) is 0 Å². The lowest BCUT2D eigenvalue weighted by Gasteiger charge is -2.11. The SMILES string of the molecule is Cn1c(=O)c2c(CC#N)cc(-c3cccnc3)nc2n(C)c1=O. The maximum Gasteiger partial charge on any atom is 0.332 e. The Bertz CT molecular complexity index is 1060. The number of nitriles is 1. The number of hydrogen-bond acceptors (Lipinski definition) is 5. The van der Waals surface area contributed by atoms with Crippen LogP contribution in [-0.2, 0) is 20.5 Å². The monoisotopic (exact) mass is 307 g/mol. The van der Waals surface area contributed by atoms with Crippen LogP contribution in [0.4, 0.5) is 0 Å². The van der Waals surface area contributed by atoms with Gasteiger partial charge in [-0.25, -0.2) is 9.78 Å². The van der Waals surface area contributed by atoms with Gasteiger partial charge in [0, 0.05) is 32.1 Å². The molecule has 0 N–H and O–H groups in total. The van der Waals surface area contributed by atoms with Gasteiger partial charge in [-0.05, 0) is 23.8 Å². The van der Waals surface area contributed by atoms with Crippen LogP contribution >= 0.6 is 0 Å². The van der Waals surface area contributed by atoms with Gasteiger partial charge < -0.3 is 0 Å². The number of aromatic nitrogens is 4. The molecule has 0 aliphatic heterocycles. The highest BCUT2D eigenvalue weighted by Crippen LogP contribution is 2.22.